The van der Waals surface area contributed by atoms with Gasteiger partial charge in [-0.05, 0) is 31.9 Å². The number of aromatic nitrogens is 3. The standard InChI is InChI=1S/C19H19ClN4O2S/c1-11-21-17-18(27-11)16(12-6-8-13(20)9-7-12)23-24(19(17)26)10-15(25)22-14-4-2-3-5-14/h6-9,14H,2-5,10H2,1H3,(H,22,25). The number of nitrogens with one attached hydrogen (secondary N) is 1. The molecule has 0 aliphatic heterocycles. The molecule has 1 aliphatic rings. The van der Waals surface area contributed by atoms with E-state index in [-0.39, 0.29) is 24.1 Å². The van der Waals surface area contributed by atoms with E-state index < -0.39 is 0 Å². The van der Waals surface area contributed by atoms with Crippen molar-refractivity contribution in [1.82, 2.24) is 20.1 Å². The molecule has 0 bridgehead atoms. The fraction of sp³-hybridized carbons (Fsp3) is 0.368. The molecule has 1 saturated carbocycles. The van der Waals surface area contributed by atoms with Crippen LogP contribution < -0.4 is 10.9 Å². The third-order valence-corrected chi connectivity index (χ3v) is 5.97. The zero-order valence-corrected chi connectivity index (χ0v) is 16.4. The second-order valence-corrected chi connectivity index (χ2v) is 8.42. The Labute approximate surface area is 165 Å². The van der Waals surface area contributed by atoms with Gasteiger partial charge in [0.25, 0.3) is 5.56 Å². The summed E-state index contributed by atoms with van der Waals surface area (Å²) in [6.45, 7) is 1.75. The van der Waals surface area contributed by atoms with Gasteiger partial charge in [-0.3, -0.25) is 9.59 Å². The highest BCUT2D eigenvalue weighted by molar-refractivity contribution is 7.19. The number of thiazole rings is 1. The number of halogens is 1. The molecule has 1 aliphatic carbocycles. The minimum absolute atomic E-state index is 0.109. The van der Waals surface area contributed by atoms with Crippen LogP contribution in [0.3, 0.4) is 0 Å². The molecular weight excluding hydrogens is 384 g/mol. The van der Waals surface area contributed by atoms with Gasteiger partial charge in [-0.2, -0.15) is 5.10 Å². The predicted molar refractivity (Wildman–Crippen MR) is 107 cm³/mol. The summed E-state index contributed by atoms with van der Waals surface area (Å²) < 4.78 is 1.95. The predicted octanol–water partition coefficient (Wildman–Crippen LogP) is 3.54. The second kappa shape index (κ2) is 7.40. The summed E-state index contributed by atoms with van der Waals surface area (Å²) in [4.78, 5) is 29.6. The van der Waals surface area contributed by atoms with E-state index in [2.05, 4.69) is 15.4 Å². The maximum absolute atomic E-state index is 12.8. The number of hydrogen-bond acceptors (Lipinski definition) is 5. The molecule has 0 unspecified atom stereocenters. The number of benzene rings is 1. The van der Waals surface area contributed by atoms with Crippen molar-refractivity contribution < 1.29 is 4.79 Å². The number of carbonyl (C=O) groups excluding carboxylic acids is 1. The largest absolute Gasteiger partial charge is 0.352 e. The molecular formula is C19H19ClN4O2S. The van der Waals surface area contributed by atoms with Gasteiger partial charge in [-0.15, -0.1) is 11.3 Å². The van der Waals surface area contributed by atoms with Crippen molar-refractivity contribution in [2.24, 2.45) is 0 Å². The fourth-order valence-corrected chi connectivity index (χ4v) is 4.49. The van der Waals surface area contributed by atoms with Crippen LogP contribution >= 0.6 is 22.9 Å². The maximum Gasteiger partial charge on any atom is 0.294 e. The average Bonchev–Trinajstić information content (AvgIpc) is 3.28. The topological polar surface area (TPSA) is 76.9 Å². The van der Waals surface area contributed by atoms with Gasteiger partial charge in [0, 0.05) is 16.6 Å². The molecule has 0 atom stereocenters. The SMILES string of the molecule is Cc1nc2c(=O)n(CC(=O)NC3CCCC3)nc(-c3ccc(Cl)cc3)c2s1. The molecule has 0 radical (unpaired) electrons. The Hall–Kier alpha value is -2.25. The molecule has 2 heterocycles. The first-order valence-electron chi connectivity index (χ1n) is 8.95. The summed E-state index contributed by atoms with van der Waals surface area (Å²) in [5.41, 5.74) is 1.48. The molecule has 27 heavy (non-hydrogen) atoms. The molecule has 1 fully saturated rings. The summed E-state index contributed by atoms with van der Waals surface area (Å²) in [7, 11) is 0. The van der Waals surface area contributed by atoms with Gasteiger partial charge in [-0.1, -0.05) is 36.6 Å². The number of fused-ring (bicyclic) bond motifs is 1. The quantitative estimate of drug-likeness (QED) is 0.724. The van der Waals surface area contributed by atoms with Gasteiger partial charge in [0.2, 0.25) is 5.91 Å². The molecule has 0 saturated heterocycles. The van der Waals surface area contributed by atoms with Crippen LogP contribution in [0.2, 0.25) is 5.02 Å². The normalized spacial score (nSPS) is 14.7. The van der Waals surface area contributed by atoms with Crippen LogP contribution in [-0.4, -0.2) is 26.7 Å². The Morgan fingerprint density at radius 1 is 1.30 bits per heavy atom. The molecule has 140 valence electrons. The van der Waals surface area contributed by atoms with Crippen molar-refractivity contribution in [2.45, 2.75) is 45.2 Å². The number of rotatable bonds is 4. The van der Waals surface area contributed by atoms with E-state index in [1.807, 2.05) is 19.1 Å². The number of carbonyl (C=O) groups is 1. The van der Waals surface area contributed by atoms with Crippen molar-refractivity contribution in [3.63, 3.8) is 0 Å². The zero-order chi connectivity index (χ0) is 19.0. The lowest BCUT2D eigenvalue weighted by Gasteiger charge is -2.13. The van der Waals surface area contributed by atoms with Gasteiger partial charge in [0.15, 0.2) is 5.52 Å². The third kappa shape index (κ3) is 3.75. The Kier molecular flexibility index (Phi) is 4.97. The summed E-state index contributed by atoms with van der Waals surface area (Å²) in [5, 5.41) is 8.91. The van der Waals surface area contributed by atoms with Gasteiger partial charge >= 0.3 is 0 Å². The van der Waals surface area contributed by atoms with Crippen LogP contribution in [0.5, 0.6) is 0 Å². The Morgan fingerprint density at radius 2 is 2.00 bits per heavy atom. The van der Waals surface area contributed by atoms with Crippen molar-refractivity contribution >= 4 is 39.1 Å². The van der Waals surface area contributed by atoms with Gasteiger partial charge < -0.3 is 5.32 Å². The van der Waals surface area contributed by atoms with Crippen LogP contribution in [0, 0.1) is 6.92 Å². The third-order valence-electron chi connectivity index (χ3n) is 4.74. The van der Waals surface area contributed by atoms with E-state index in [1.54, 1.807) is 12.1 Å². The number of nitrogens with zero attached hydrogens (tertiary/aromatic N) is 3. The first-order valence-corrected chi connectivity index (χ1v) is 10.1. The lowest BCUT2D eigenvalue weighted by molar-refractivity contribution is -0.122. The van der Waals surface area contributed by atoms with E-state index in [4.69, 9.17) is 11.6 Å². The minimum atomic E-state index is -0.339. The molecule has 1 amide bonds. The average molecular weight is 403 g/mol. The molecule has 2 aromatic heterocycles. The summed E-state index contributed by atoms with van der Waals surface area (Å²) in [6.07, 6.45) is 4.25. The first-order chi connectivity index (χ1) is 13.0. The molecule has 4 rings (SSSR count). The van der Waals surface area contributed by atoms with E-state index >= 15 is 0 Å². The van der Waals surface area contributed by atoms with Crippen LogP contribution in [0.15, 0.2) is 29.1 Å². The van der Waals surface area contributed by atoms with Crippen LogP contribution in [0.4, 0.5) is 0 Å². The lowest BCUT2D eigenvalue weighted by Crippen LogP contribution is -2.38. The number of amides is 1. The van der Waals surface area contributed by atoms with E-state index in [0.717, 1.165) is 41.0 Å². The summed E-state index contributed by atoms with van der Waals surface area (Å²) >= 11 is 7.41. The van der Waals surface area contributed by atoms with Crippen LogP contribution in [0.1, 0.15) is 30.7 Å². The zero-order valence-electron chi connectivity index (χ0n) is 14.9. The van der Waals surface area contributed by atoms with Gasteiger partial charge in [0.05, 0.1) is 9.71 Å². The fourth-order valence-electron chi connectivity index (χ4n) is 3.45. The Bertz CT molecular complexity index is 1050. The Balaban J connectivity index is 1.74. The minimum Gasteiger partial charge on any atom is -0.352 e. The second-order valence-electron chi connectivity index (χ2n) is 6.78. The van der Waals surface area contributed by atoms with Crippen molar-refractivity contribution in [3.05, 3.63) is 44.6 Å². The monoisotopic (exact) mass is 402 g/mol. The van der Waals surface area contributed by atoms with Crippen molar-refractivity contribution in [1.29, 1.82) is 0 Å². The van der Waals surface area contributed by atoms with E-state index in [1.165, 1.54) is 16.0 Å². The smallest absolute Gasteiger partial charge is 0.294 e. The first kappa shape index (κ1) is 18.1. The molecule has 8 heteroatoms. The number of aryl methyl sites for hydroxylation is 1. The molecule has 1 N–H and O–H groups in total. The van der Waals surface area contributed by atoms with E-state index in [9.17, 15) is 9.59 Å². The van der Waals surface area contributed by atoms with Crippen LogP contribution in [-0.2, 0) is 11.3 Å². The molecule has 0 spiro atoms. The van der Waals surface area contributed by atoms with Gasteiger partial charge in [0.1, 0.15) is 12.2 Å². The highest BCUT2D eigenvalue weighted by atomic mass is 35.5. The highest BCUT2D eigenvalue weighted by Gasteiger charge is 2.20. The van der Waals surface area contributed by atoms with Crippen LogP contribution in [0.25, 0.3) is 21.5 Å². The lowest BCUT2D eigenvalue weighted by atomic mass is 10.1. The molecule has 3 aromatic rings. The van der Waals surface area contributed by atoms with Gasteiger partial charge in [-0.25, -0.2) is 9.67 Å². The van der Waals surface area contributed by atoms with E-state index in [0.29, 0.717) is 16.2 Å². The molecule has 1 aromatic carbocycles. The highest BCUT2D eigenvalue weighted by Crippen LogP contribution is 2.30. The summed E-state index contributed by atoms with van der Waals surface area (Å²) in [6, 6.07) is 7.47. The maximum atomic E-state index is 12.8. The van der Waals surface area contributed by atoms with Crippen molar-refractivity contribution in [3.8, 4) is 11.3 Å². The Morgan fingerprint density at radius 3 is 2.70 bits per heavy atom. The molecule has 6 nitrogen and oxygen atoms in total. The summed E-state index contributed by atoms with van der Waals surface area (Å²) in [5.74, 6) is -0.190. The number of hydrogen-bond donors (Lipinski definition) is 1. The van der Waals surface area contributed by atoms with Crippen molar-refractivity contribution in [2.75, 3.05) is 0 Å².